The maximum Gasteiger partial charge on any atom is 0.255 e. The van der Waals surface area contributed by atoms with E-state index in [1.807, 2.05) is 60.5 Å². The fraction of sp³-hybridized carbons (Fsp3) is 0.286. The van der Waals surface area contributed by atoms with Gasteiger partial charge in [-0.05, 0) is 51.1 Å². The summed E-state index contributed by atoms with van der Waals surface area (Å²) in [6.45, 7) is 9.19. The number of aromatic amines is 1. The zero-order chi connectivity index (χ0) is 25.4. The number of carbonyl (C=O) groups is 2. The lowest BCUT2D eigenvalue weighted by molar-refractivity contribution is -0.133. The minimum Gasteiger partial charge on any atom is -0.352 e. The Morgan fingerprint density at radius 3 is 2.53 bits per heavy atom. The lowest BCUT2D eigenvalue weighted by atomic mass is 10.1. The monoisotopic (exact) mass is 482 g/mol. The first-order valence-electron chi connectivity index (χ1n) is 12.2. The molecule has 0 unspecified atom stereocenters. The van der Waals surface area contributed by atoms with Gasteiger partial charge in [-0.3, -0.25) is 9.59 Å². The van der Waals surface area contributed by atoms with Crippen molar-refractivity contribution in [3.05, 3.63) is 72.1 Å². The quantitative estimate of drug-likeness (QED) is 0.442. The summed E-state index contributed by atoms with van der Waals surface area (Å²) >= 11 is 0. The topological polar surface area (TPSA) is 94.2 Å². The van der Waals surface area contributed by atoms with Gasteiger partial charge in [-0.2, -0.15) is 0 Å². The zero-order valence-corrected chi connectivity index (χ0v) is 20.9. The number of nitrogens with one attached hydrogen (secondary N) is 2. The molecule has 184 valence electrons. The molecule has 2 N–H and O–H groups in total. The van der Waals surface area contributed by atoms with Crippen LogP contribution in [0.4, 0.5) is 11.5 Å². The summed E-state index contributed by atoms with van der Waals surface area (Å²) in [6, 6.07) is 15.6. The third-order valence-electron chi connectivity index (χ3n) is 6.69. The highest BCUT2D eigenvalue weighted by atomic mass is 16.2. The number of hydrogen-bond donors (Lipinski definition) is 2. The van der Waals surface area contributed by atoms with E-state index >= 15 is 0 Å². The molecule has 2 atom stereocenters. The number of amides is 2. The van der Waals surface area contributed by atoms with Crippen LogP contribution in [0, 0.1) is 6.92 Å². The number of nitrogens with zero attached hydrogens (tertiary/aromatic N) is 4. The summed E-state index contributed by atoms with van der Waals surface area (Å²) in [7, 11) is 0. The van der Waals surface area contributed by atoms with Gasteiger partial charge >= 0.3 is 0 Å². The number of carbonyl (C=O) groups excluding carboxylic acids is 2. The van der Waals surface area contributed by atoms with Crippen molar-refractivity contribution in [2.45, 2.75) is 39.8 Å². The second-order valence-electron chi connectivity index (χ2n) is 9.56. The molecule has 1 fully saturated rings. The van der Waals surface area contributed by atoms with Crippen LogP contribution in [0.1, 0.15) is 36.7 Å². The predicted octanol–water partition coefficient (Wildman–Crippen LogP) is 4.63. The van der Waals surface area contributed by atoms with Crippen LogP contribution in [-0.4, -0.2) is 56.8 Å². The number of H-pyrrole nitrogens is 1. The third kappa shape index (κ3) is 4.54. The fourth-order valence-corrected chi connectivity index (χ4v) is 5.15. The van der Waals surface area contributed by atoms with Crippen LogP contribution in [-0.2, 0) is 4.79 Å². The maximum atomic E-state index is 12.7. The van der Waals surface area contributed by atoms with Crippen LogP contribution in [0.15, 0.2) is 60.9 Å². The number of rotatable bonds is 4. The van der Waals surface area contributed by atoms with Crippen LogP contribution in [0.5, 0.6) is 0 Å². The second-order valence-corrected chi connectivity index (χ2v) is 9.56. The maximum absolute atomic E-state index is 12.7. The fourth-order valence-electron chi connectivity index (χ4n) is 5.15. The number of piperazine rings is 1. The van der Waals surface area contributed by atoms with Gasteiger partial charge in [0.2, 0.25) is 5.91 Å². The first-order valence-corrected chi connectivity index (χ1v) is 12.2. The van der Waals surface area contributed by atoms with E-state index in [-0.39, 0.29) is 23.9 Å². The molecule has 4 aromatic rings. The number of hydrogen-bond acceptors (Lipinski definition) is 5. The van der Waals surface area contributed by atoms with Gasteiger partial charge in [0.25, 0.3) is 5.91 Å². The van der Waals surface area contributed by atoms with Crippen molar-refractivity contribution in [1.29, 1.82) is 0 Å². The number of benzene rings is 1. The van der Waals surface area contributed by atoms with E-state index < -0.39 is 0 Å². The molecule has 36 heavy (non-hydrogen) atoms. The molecule has 1 aliphatic rings. The van der Waals surface area contributed by atoms with Crippen molar-refractivity contribution in [2.24, 2.45) is 0 Å². The second kappa shape index (κ2) is 9.45. The van der Waals surface area contributed by atoms with Crippen LogP contribution < -0.4 is 10.2 Å². The van der Waals surface area contributed by atoms with Gasteiger partial charge in [0, 0.05) is 54.8 Å². The number of anilines is 2. The zero-order valence-electron chi connectivity index (χ0n) is 20.9. The minimum atomic E-state index is -0.176. The largest absolute Gasteiger partial charge is 0.352 e. The van der Waals surface area contributed by atoms with E-state index in [1.165, 1.54) is 0 Å². The smallest absolute Gasteiger partial charge is 0.255 e. The lowest BCUT2D eigenvalue weighted by Crippen LogP contribution is -2.58. The molecule has 5 rings (SSSR count). The first kappa shape index (κ1) is 23.5. The molecule has 0 saturated carbocycles. The molecule has 1 aliphatic heterocycles. The summed E-state index contributed by atoms with van der Waals surface area (Å²) in [6.07, 6.45) is 3.55. The molecule has 0 spiro atoms. The predicted molar refractivity (Wildman–Crippen MR) is 142 cm³/mol. The summed E-state index contributed by atoms with van der Waals surface area (Å²) < 4.78 is 0. The molecule has 3 aromatic heterocycles. The van der Waals surface area contributed by atoms with Crippen LogP contribution in [0.3, 0.4) is 0 Å². The van der Waals surface area contributed by atoms with Gasteiger partial charge in [0.05, 0.1) is 17.6 Å². The van der Waals surface area contributed by atoms with E-state index in [1.54, 1.807) is 19.2 Å². The van der Waals surface area contributed by atoms with E-state index in [2.05, 4.69) is 34.0 Å². The van der Waals surface area contributed by atoms with Crippen LogP contribution >= 0.6 is 0 Å². The summed E-state index contributed by atoms with van der Waals surface area (Å²) in [5.74, 6) is 0.804. The SMILES string of the molecule is CC(=O)N1[C@H](C)CN(c2cccc(-c3c[nH]c4ncc(NC(=O)c5cccc(C)c5)cc34)n2)C[C@@H]1C. The molecule has 1 aromatic carbocycles. The molecule has 0 radical (unpaired) electrons. The van der Waals surface area contributed by atoms with Gasteiger partial charge in [-0.1, -0.05) is 23.8 Å². The van der Waals surface area contributed by atoms with Gasteiger partial charge in [0.15, 0.2) is 0 Å². The number of aromatic nitrogens is 3. The van der Waals surface area contributed by atoms with Crippen molar-refractivity contribution in [1.82, 2.24) is 19.9 Å². The van der Waals surface area contributed by atoms with E-state index in [9.17, 15) is 9.59 Å². The van der Waals surface area contributed by atoms with E-state index in [0.29, 0.717) is 11.3 Å². The number of fused-ring (bicyclic) bond motifs is 1. The van der Waals surface area contributed by atoms with Crippen molar-refractivity contribution in [3.63, 3.8) is 0 Å². The Morgan fingerprint density at radius 2 is 1.81 bits per heavy atom. The molecule has 8 nitrogen and oxygen atoms in total. The van der Waals surface area contributed by atoms with E-state index in [0.717, 1.165) is 46.8 Å². The molecule has 1 saturated heterocycles. The lowest BCUT2D eigenvalue weighted by Gasteiger charge is -2.44. The highest BCUT2D eigenvalue weighted by Crippen LogP contribution is 2.30. The Labute approximate surface area is 210 Å². The first-order chi connectivity index (χ1) is 17.3. The molecular formula is C28H30N6O2. The molecule has 2 amide bonds. The highest BCUT2D eigenvalue weighted by Gasteiger charge is 2.31. The molecule has 8 heteroatoms. The highest BCUT2D eigenvalue weighted by molar-refractivity contribution is 6.05. The molecule has 0 aliphatic carbocycles. The van der Waals surface area contributed by atoms with Gasteiger partial charge in [-0.25, -0.2) is 9.97 Å². The van der Waals surface area contributed by atoms with Crippen LogP contribution in [0.2, 0.25) is 0 Å². The van der Waals surface area contributed by atoms with Crippen molar-refractivity contribution < 1.29 is 9.59 Å². The van der Waals surface area contributed by atoms with Crippen LogP contribution in [0.25, 0.3) is 22.3 Å². The Bertz CT molecular complexity index is 1430. The van der Waals surface area contributed by atoms with Crippen molar-refractivity contribution in [2.75, 3.05) is 23.3 Å². The van der Waals surface area contributed by atoms with Crippen molar-refractivity contribution in [3.8, 4) is 11.3 Å². The summed E-state index contributed by atoms with van der Waals surface area (Å²) in [4.78, 5) is 41.6. The average Bonchev–Trinajstić information content (AvgIpc) is 3.27. The normalized spacial score (nSPS) is 17.9. The van der Waals surface area contributed by atoms with Gasteiger partial charge in [-0.15, -0.1) is 0 Å². The molecule has 0 bridgehead atoms. The average molecular weight is 483 g/mol. The Balaban J connectivity index is 1.42. The Hall–Kier alpha value is -4.20. The number of aryl methyl sites for hydroxylation is 1. The number of pyridine rings is 2. The summed E-state index contributed by atoms with van der Waals surface area (Å²) in [5.41, 5.74) is 4.71. The molecular weight excluding hydrogens is 452 g/mol. The Kier molecular flexibility index (Phi) is 6.18. The minimum absolute atomic E-state index is 0.105. The Morgan fingerprint density at radius 1 is 1.06 bits per heavy atom. The van der Waals surface area contributed by atoms with Gasteiger partial charge in [0.1, 0.15) is 11.5 Å². The third-order valence-corrected chi connectivity index (χ3v) is 6.69. The molecule has 4 heterocycles. The van der Waals surface area contributed by atoms with Crippen molar-refractivity contribution >= 4 is 34.4 Å². The standard InChI is InChI=1S/C28H30N6O2/c1-17-7-5-8-21(11-17)28(36)31-22-12-23-24(14-30-27(23)29-13-22)25-9-6-10-26(32-25)33-15-18(2)34(20(4)35)19(3)16-33/h5-14,18-19H,15-16H2,1-4H3,(H,29,30)(H,31,36)/t18-,19+. The van der Waals surface area contributed by atoms with Gasteiger partial charge < -0.3 is 20.1 Å². The van der Waals surface area contributed by atoms with E-state index in [4.69, 9.17) is 4.98 Å². The summed E-state index contributed by atoms with van der Waals surface area (Å²) in [5, 5.41) is 3.84.